The molecular weight excluding hydrogens is 460 g/mol. The number of benzene rings is 3. The minimum absolute atomic E-state index is 0.211. The van der Waals surface area contributed by atoms with E-state index < -0.39 is 5.60 Å². The molecule has 2 bridgehead atoms. The van der Waals surface area contributed by atoms with E-state index in [9.17, 15) is 5.11 Å². The Kier molecular flexibility index (Phi) is 6.35. The van der Waals surface area contributed by atoms with Crippen LogP contribution in [0.1, 0.15) is 48.1 Å². The number of oxazole rings is 1. The van der Waals surface area contributed by atoms with Crippen molar-refractivity contribution in [2.45, 2.75) is 44.4 Å². The number of quaternary nitrogens is 1. The third-order valence-electron chi connectivity index (χ3n) is 8.40. The smallest absolute Gasteiger partial charge is 0.236 e. The fourth-order valence-electron chi connectivity index (χ4n) is 6.21. The molecule has 5 heteroatoms. The van der Waals surface area contributed by atoms with Crippen LogP contribution in [-0.4, -0.2) is 40.3 Å². The second-order valence-corrected chi connectivity index (χ2v) is 10.7. The maximum Gasteiger partial charge on any atom is 0.236 e. The first kappa shape index (κ1) is 24.0. The van der Waals surface area contributed by atoms with Crippen LogP contribution in [0.2, 0.25) is 0 Å². The third kappa shape index (κ3) is 4.58. The largest absolute Gasteiger partial charge is 0.484 e. The van der Waals surface area contributed by atoms with Gasteiger partial charge in [-0.2, -0.15) is 0 Å². The highest BCUT2D eigenvalue weighted by molar-refractivity contribution is 5.41. The summed E-state index contributed by atoms with van der Waals surface area (Å²) in [6.45, 7) is 6.15. The molecule has 5 nitrogen and oxygen atoms in total. The maximum absolute atomic E-state index is 12.0. The van der Waals surface area contributed by atoms with Crippen molar-refractivity contribution in [2.75, 3.05) is 19.6 Å². The Morgan fingerprint density at radius 3 is 2.14 bits per heavy atom. The summed E-state index contributed by atoms with van der Waals surface area (Å²) < 4.78 is 13.8. The van der Waals surface area contributed by atoms with Crippen LogP contribution in [0.5, 0.6) is 5.75 Å². The van der Waals surface area contributed by atoms with E-state index in [1.807, 2.05) is 60.7 Å². The molecule has 0 unspecified atom stereocenters. The molecule has 3 aromatic carbocycles. The molecule has 3 aliphatic rings. The molecule has 190 valence electrons. The molecule has 1 N–H and O–H groups in total. The van der Waals surface area contributed by atoms with Gasteiger partial charge in [0.05, 0.1) is 19.3 Å². The molecule has 4 aromatic rings. The van der Waals surface area contributed by atoms with Gasteiger partial charge in [-0.05, 0) is 35.2 Å². The highest BCUT2D eigenvalue weighted by atomic mass is 16.5. The lowest BCUT2D eigenvalue weighted by Gasteiger charge is -2.51. The quantitative estimate of drug-likeness (QED) is 0.318. The number of aliphatic hydroxyl groups is 1. The van der Waals surface area contributed by atoms with Gasteiger partial charge in [0.1, 0.15) is 18.8 Å². The van der Waals surface area contributed by atoms with E-state index in [0.717, 1.165) is 72.6 Å². The van der Waals surface area contributed by atoms with Crippen molar-refractivity contribution in [3.05, 3.63) is 119 Å². The number of fused-ring (bicyclic) bond motifs is 3. The fraction of sp³-hybridized carbons (Fsp3) is 0.344. The van der Waals surface area contributed by atoms with Crippen molar-refractivity contribution < 1.29 is 18.7 Å². The van der Waals surface area contributed by atoms with E-state index in [1.165, 1.54) is 5.56 Å². The van der Waals surface area contributed by atoms with E-state index in [4.69, 9.17) is 9.15 Å². The SMILES string of the molecule is CCc1ccc(O[C@H]2C[N+]3(Cc4cnc(C(O)(c5ccccc5)c5ccccc5)o4)CCC2CC3)cc1. The molecule has 0 amide bonds. The molecule has 0 saturated carbocycles. The van der Waals surface area contributed by atoms with Gasteiger partial charge in [0.2, 0.25) is 5.89 Å². The summed E-state index contributed by atoms with van der Waals surface area (Å²) in [5, 5.41) is 12.0. The highest BCUT2D eigenvalue weighted by Gasteiger charge is 2.48. The molecule has 3 aliphatic heterocycles. The number of ether oxygens (including phenoxy) is 1. The Balaban J connectivity index is 1.24. The molecule has 3 saturated heterocycles. The summed E-state index contributed by atoms with van der Waals surface area (Å²) in [6.07, 6.45) is 5.38. The number of aromatic nitrogens is 1. The Hall–Kier alpha value is -3.41. The van der Waals surface area contributed by atoms with E-state index in [-0.39, 0.29) is 6.10 Å². The lowest BCUT2D eigenvalue weighted by molar-refractivity contribution is -0.958. The summed E-state index contributed by atoms with van der Waals surface area (Å²) >= 11 is 0. The molecule has 0 aliphatic carbocycles. The van der Waals surface area contributed by atoms with Crippen molar-refractivity contribution in [2.24, 2.45) is 5.92 Å². The summed E-state index contributed by atoms with van der Waals surface area (Å²) in [5.41, 5.74) is 1.36. The van der Waals surface area contributed by atoms with E-state index in [0.29, 0.717) is 11.8 Å². The minimum Gasteiger partial charge on any atom is -0.484 e. The van der Waals surface area contributed by atoms with Gasteiger partial charge in [0.25, 0.3) is 0 Å². The topological polar surface area (TPSA) is 55.5 Å². The van der Waals surface area contributed by atoms with Gasteiger partial charge in [0, 0.05) is 18.8 Å². The first-order chi connectivity index (χ1) is 18.1. The number of nitrogens with zero attached hydrogens (tertiary/aromatic N) is 2. The van der Waals surface area contributed by atoms with Gasteiger partial charge in [0.15, 0.2) is 17.5 Å². The van der Waals surface area contributed by atoms with Crippen molar-refractivity contribution in [1.29, 1.82) is 0 Å². The van der Waals surface area contributed by atoms with E-state index in [2.05, 4.69) is 36.2 Å². The molecule has 37 heavy (non-hydrogen) atoms. The predicted molar refractivity (Wildman–Crippen MR) is 143 cm³/mol. The maximum atomic E-state index is 12.0. The normalized spacial score (nSPS) is 23.2. The van der Waals surface area contributed by atoms with Crippen LogP contribution in [0.3, 0.4) is 0 Å². The van der Waals surface area contributed by atoms with Gasteiger partial charge in [-0.15, -0.1) is 0 Å². The predicted octanol–water partition coefficient (Wildman–Crippen LogP) is 5.71. The van der Waals surface area contributed by atoms with E-state index >= 15 is 0 Å². The number of aryl methyl sites for hydroxylation is 1. The van der Waals surface area contributed by atoms with Gasteiger partial charge in [-0.3, -0.25) is 0 Å². The average molecular weight is 496 g/mol. The van der Waals surface area contributed by atoms with Crippen LogP contribution in [0.25, 0.3) is 0 Å². The van der Waals surface area contributed by atoms with Crippen molar-refractivity contribution in [3.63, 3.8) is 0 Å². The van der Waals surface area contributed by atoms with Crippen molar-refractivity contribution in [1.82, 2.24) is 4.98 Å². The Morgan fingerprint density at radius 2 is 1.54 bits per heavy atom. The van der Waals surface area contributed by atoms with Crippen LogP contribution in [0.15, 0.2) is 95.5 Å². The van der Waals surface area contributed by atoms with E-state index in [1.54, 1.807) is 6.20 Å². The zero-order valence-corrected chi connectivity index (χ0v) is 21.4. The van der Waals surface area contributed by atoms with Crippen LogP contribution < -0.4 is 4.74 Å². The minimum atomic E-state index is -1.45. The van der Waals surface area contributed by atoms with Crippen LogP contribution in [0, 0.1) is 5.92 Å². The average Bonchev–Trinajstić information content (AvgIpc) is 3.43. The standard InChI is InChI=1S/C32H35N2O3/c1-2-24-13-15-28(16-14-24)36-30-23-34(19-17-25(30)18-20-34)22-29-21-33-31(37-29)32(35,26-9-5-3-6-10-26)27-11-7-4-8-12-27/h3-16,21,25,30,35H,2,17-20,22-23H2,1H3/q+1/t25?,30-,34?/m0/s1. The number of hydrogen-bond donors (Lipinski definition) is 1. The van der Waals surface area contributed by atoms with Crippen LogP contribution in [0.4, 0.5) is 0 Å². The zero-order valence-electron chi connectivity index (χ0n) is 21.4. The fourth-order valence-corrected chi connectivity index (χ4v) is 6.21. The van der Waals surface area contributed by atoms with Gasteiger partial charge in [-0.25, -0.2) is 4.98 Å². The Morgan fingerprint density at radius 1 is 0.919 bits per heavy atom. The van der Waals surface area contributed by atoms with Crippen LogP contribution >= 0.6 is 0 Å². The molecule has 0 spiro atoms. The number of rotatable bonds is 8. The molecule has 1 atom stereocenters. The lowest BCUT2D eigenvalue weighted by Crippen LogP contribution is -2.64. The number of hydrogen-bond acceptors (Lipinski definition) is 4. The summed E-state index contributed by atoms with van der Waals surface area (Å²) in [4.78, 5) is 4.63. The lowest BCUT2D eigenvalue weighted by atomic mass is 9.83. The van der Waals surface area contributed by atoms with Crippen molar-refractivity contribution in [3.8, 4) is 5.75 Å². The monoisotopic (exact) mass is 495 g/mol. The molecule has 1 aromatic heterocycles. The zero-order chi connectivity index (χ0) is 25.3. The van der Waals surface area contributed by atoms with Gasteiger partial charge >= 0.3 is 0 Å². The Bertz CT molecular complexity index is 1270. The second kappa shape index (κ2) is 9.81. The van der Waals surface area contributed by atoms with Crippen molar-refractivity contribution >= 4 is 0 Å². The molecular formula is C32H35N2O3+. The van der Waals surface area contributed by atoms with Crippen LogP contribution in [-0.2, 0) is 18.6 Å². The Labute approximate surface area is 218 Å². The summed E-state index contributed by atoms with van der Waals surface area (Å²) in [5.74, 6) is 2.70. The first-order valence-electron chi connectivity index (χ1n) is 13.5. The molecule has 0 radical (unpaired) electrons. The molecule has 7 rings (SSSR count). The summed E-state index contributed by atoms with van der Waals surface area (Å²) in [7, 11) is 0. The van der Waals surface area contributed by atoms with Gasteiger partial charge < -0.3 is 18.7 Å². The van der Waals surface area contributed by atoms with Gasteiger partial charge in [-0.1, -0.05) is 79.7 Å². The molecule has 4 heterocycles. The highest BCUT2D eigenvalue weighted by Crippen LogP contribution is 2.39. The molecule has 3 fully saturated rings. The number of piperidine rings is 3. The first-order valence-corrected chi connectivity index (χ1v) is 13.5. The third-order valence-corrected chi connectivity index (χ3v) is 8.40. The second-order valence-electron chi connectivity index (χ2n) is 10.7. The summed E-state index contributed by atoms with van der Waals surface area (Å²) in [6, 6.07) is 27.8.